The number of aromatic amines is 1. The van der Waals surface area contributed by atoms with E-state index in [9.17, 15) is 29.2 Å². The highest BCUT2D eigenvalue weighted by Crippen LogP contribution is 2.63. The van der Waals surface area contributed by atoms with Gasteiger partial charge in [0.05, 0.1) is 25.0 Å². The van der Waals surface area contributed by atoms with Crippen molar-refractivity contribution >= 4 is 41.3 Å². The fourth-order valence-corrected chi connectivity index (χ4v) is 7.15. The van der Waals surface area contributed by atoms with E-state index in [1.165, 1.54) is 19.8 Å². The second-order valence-corrected chi connectivity index (χ2v) is 14.3. The topological polar surface area (TPSA) is 264 Å². The maximum Gasteiger partial charge on any atom is 0.509 e. The Morgan fingerprint density at radius 1 is 1.27 bits per heavy atom. The van der Waals surface area contributed by atoms with Crippen molar-refractivity contribution in [2.24, 2.45) is 5.92 Å². The van der Waals surface area contributed by atoms with Crippen LogP contribution in [0.25, 0.3) is 11.2 Å². The van der Waals surface area contributed by atoms with Crippen LogP contribution in [0.2, 0.25) is 0 Å². The highest BCUT2D eigenvalue weighted by Gasteiger charge is 2.45. The minimum Gasteiger partial charge on any atom is -0.508 e. The van der Waals surface area contributed by atoms with Gasteiger partial charge < -0.3 is 48.7 Å². The molecule has 3 aromatic rings. The lowest BCUT2D eigenvalue weighted by Gasteiger charge is -2.23. The van der Waals surface area contributed by atoms with Crippen LogP contribution in [0, 0.1) is 5.92 Å². The number of nitrogens with one attached hydrogen (secondary N) is 1. The number of hydrogen-bond donors (Lipinski definition) is 4. The maximum absolute atomic E-state index is 14.2. The van der Waals surface area contributed by atoms with Crippen LogP contribution in [0.1, 0.15) is 20.1 Å². The number of carbonyl (C=O) groups is 1. The summed E-state index contributed by atoms with van der Waals surface area (Å²) in [5.41, 5.74) is 5.19. The molecule has 0 amide bonds. The first-order valence-electron chi connectivity index (χ1n) is 14.2. The predicted octanol–water partition coefficient (Wildman–Crippen LogP) is 1.52. The second kappa shape index (κ2) is 14.7. The molecule has 0 saturated heterocycles. The average Bonchev–Trinajstić information content (AvgIpc) is 3.71. The molecule has 0 bridgehead atoms. The lowest BCUT2D eigenvalue weighted by Crippen LogP contribution is -2.36. The molecule has 0 aliphatic carbocycles. The summed E-state index contributed by atoms with van der Waals surface area (Å²) in [6.07, 6.45) is -0.167. The number of aliphatic hydroxyl groups is 2. The number of fused-ring (bicyclic) bond motifs is 1. The summed E-state index contributed by atoms with van der Waals surface area (Å²) in [6, 6.07) is 1.07. The zero-order chi connectivity index (χ0) is 34.6. The number of nitrogen functional groups attached to an aromatic ring is 1. The minimum atomic E-state index is -4.45. The molecule has 5 N–H and O–H groups in total. The molecule has 0 aromatic carbocycles. The van der Waals surface area contributed by atoms with Gasteiger partial charge in [-0.15, -0.1) is 0 Å². The molecule has 0 spiro atoms. The number of imidazole rings is 1. The summed E-state index contributed by atoms with van der Waals surface area (Å²) in [5, 5.41) is 21.0. The molecule has 48 heavy (non-hydrogen) atoms. The number of ether oxygens (including phenoxy) is 5. The van der Waals surface area contributed by atoms with Gasteiger partial charge in [-0.05, 0) is 13.8 Å². The van der Waals surface area contributed by atoms with Gasteiger partial charge in [0.1, 0.15) is 30.8 Å². The number of nitrogens with zero attached hydrogens (tertiary/aromatic N) is 5. The van der Waals surface area contributed by atoms with Crippen molar-refractivity contribution in [3.63, 3.8) is 0 Å². The first kappa shape index (κ1) is 34.8. The van der Waals surface area contributed by atoms with Crippen molar-refractivity contribution in [1.82, 2.24) is 29.1 Å². The van der Waals surface area contributed by atoms with E-state index in [1.54, 1.807) is 18.4 Å². The first-order chi connectivity index (χ1) is 22.9. The van der Waals surface area contributed by atoms with E-state index in [0.717, 1.165) is 16.8 Å². The maximum atomic E-state index is 14.2. The number of hydrogen-bond acceptors (Lipinski definition) is 18. The predicted molar refractivity (Wildman–Crippen MR) is 165 cm³/mol. The van der Waals surface area contributed by atoms with Gasteiger partial charge in [-0.2, -0.15) is 0 Å². The van der Waals surface area contributed by atoms with Gasteiger partial charge in [-0.25, -0.2) is 29.1 Å². The van der Waals surface area contributed by atoms with Crippen molar-refractivity contribution in [3.8, 4) is 0 Å². The average molecular weight is 714 g/mol. The molecule has 3 aromatic heterocycles. The van der Waals surface area contributed by atoms with Crippen molar-refractivity contribution in [1.29, 1.82) is 0 Å². The first-order valence-corrected chi connectivity index (χ1v) is 17.3. The molecule has 260 valence electrons. The van der Waals surface area contributed by atoms with Crippen LogP contribution in [0.4, 0.5) is 10.6 Å². The molecule has 0 saturated carbocycles. The smallest absolute Gasteiger partial charge is 0.508 e. The number of aromatic nitrogens is 6. The van der Waals surface area contributed by atoms with E-state index in [2.05, 4.69) is 19.9 Å². The Bertz CT molecular complexity index is 1890. The number of anilines is 1. The number of aliphatic hydroxyl groups excluding tert-OH is 2. The third-order valence-corrected chi connectivity index (χ3v) is 10.0. The van der Waals surface area contributed by atoms with Gasteiger partial charge in [0.25, 0.3) is 5.56 Å². The van der Waals surface area contributed by atoms with Crippen LogP contribution >= 0.6 is 18.2 Å². The van der Waals surface area contributed by atoms with E-state index in [0.29, 0.717) is 22.5 Å². The van der Waals surface area contributed by atoms with Gasteiger partial charge in [0.15, 0.2) is 40.8 Å². The monoisotopic (exact) mass is 713 g/mol. The Morgan fingerprint density at radius 3 is 2.77 bits per heavy atom. The summed E-state index contributed by atoms with van der Waals surface area (Å²) >= 11 is 0.432. The molecule has 2 aliphatic rings. The van der Waals surface area contributed by atoms with E-state index in [-0.39, 0.29) is 42.0 Å². The van der Waals surface area contributed by atoms with E-state index in [4.69, 9.17) is 38.5 Å². The fourth-order valence-electron chi connectivity index (χ4n) is 4.65. The third-order valence-electron chi connectivity index (χ3n) is 6.84. The molecule has 0 fully saturated rings. The normalized spacial score (nSPS) is 20.6. The zero-order valence-corrected chi connectivity index (χ0v) is 27.4. The fraction of sp³-hybridized carbons (Fsp3) is 0.462. The van der Waals surface area contributed by atoms with Crippen molar-refractivity contribution in [2.45, 2.75) is 38.8 Å². The highest BCUT2D eigenvalue weighted by molar-refractivity contribution is 8.55. The number of carbonyl (C=O) groups excluding carboxylic acids is 1. The standard InChI is InChI=1S/C26H32N7O13PS/c1-13(2)44-26(38)42-12-48-47(39,46-20-15(7-34)45-24(21(20)40-3)33-5-4-17(35)31-25(33)37)43-9-16-19(36)14(8-41-16)6-32-11-30-18-22(27)28-10-29-23(18)32/h4-5,10-11,13-14,21,24,34,36H,6-9,12H2,1-3H3,(H2,27,28,29)(H,31,35,37)/t14?,21?,24-,47-/m1/s1. The highest BCUT2D eigenvalue weighted by atomic mass is 32.7. The quantitative estimate of drug-likeness (QED) is 0.105. The van der Waals surface area contributed by atoms with E-state index in [1.807, 2.05) is 0 Å². The number of H-pyrrole nitrogens is 1. The van der Waals surface area contributed by atoms with Crippen molar-refractivity contribution in [2.75, 3.05) is 38.6 Å². The van der Waals surface area contributed by atoms with Crippen LogP contribution in [0.3, 0.4) is 0 Å². The minimum absolute atomic E-state index is 0.0300. The summed E-state index contributed by atoms with van der Waals surface area (Å²) in [6.45, 7) is -2.35. The zero-order valence-electron chi connectivity index (χ0n) is 25.7. The van der Waals surface area contributed by atoms with E-state index >= 15 is 0 Å². The van der Waals surface area contributed by atoms with Crippen molar-refractivity contribution < 1.29 is 52.3 Å². The van der Waals surface area contributed by atoms with Gasteiger partial charge in [-0.1, -0.05) is 0 Å². The van der Waals surface area contributed by atoms with Gasteiger partial charge in [-0.3, -0.25) is 18.9 Å². The Morgan fingerprint density at radius 2 is 2.06 bits per heavy atom. The van der Waals surface area contributed by atoms with Gasteiger partial charge in [0.2, 0.25) is 6.23 Å². The SMILES string of the molecule is COC1C(O[P@@](=O)(OCC2=C(O)C(Cn3cnc4c(N)ncnc43)CO2)SCOC(=O)OC(C)C)=C(CO)O[C@H]1n1ccc(=O)[nH]c1=O. The number of nitrogens with two attached hydrogens (primary N) is 1. The molecule has 4 atom stereocenters. The Labute approximate surface area is 274 Å². The molecule has 5 rings (SSSR count). The number of rotatable bonds is 14. The molecule has 0 radical (unpaired) electrons. The molecular weight excluding hydrogens is 681 g/mol. The Balaban J connectivity index is 1.35. The lowest BCUT2D eigenvalue weighted by molar-refractivity contribution is -0.0367. The molecule has 20 nitrogen and oxygen atoms in total. The Hall–Kier alpha value is -4.56. The molecular formula is C26H32N7O13PS. The molecule has 2 unspecified atom stereocenters. The van der Waals surface area contributed by atoms with Crippen LogP contribution in [0.15, 0.2) is 57.5 Å². The summed E-state index contributed by atoms with van der Waals surface area (Å²) < 4.78 is 55.0. The number of methoxy groups -OCH3 is 1. The lowest BCUT2D eigenvalue weighted by atomic mass is 10.1. The van der Waals surface area contributed by atoms with Crippen LogP contribution in [-0.2, 0) is 43.8 Å². The largest absolute Gasteiger partial charge is 0.509 e. The van der Waals surface area contributed by atoms with Crippen molar-refractivity contribution in [3.05, 3.63) is 68.8 Å². The summed E-state index contributed by atoms with van der Waals surface area (Å²) in [5.74, 6) is -1.75. The Kier molecular flexibility index (Phi) is 10.6. The van der Waals surface area contributed by atoms with E-state index < -0.39 is 67.7 Å². The van der Waals surface area contributed by atoms with Crippen LogP contribution in [0.5, 0.6) is 0 Å². The van der Waals surface area contributed by atoms with Gasteiger partial charge in [0, 0.05) is 37.3 Å². The third kappa shape index (κ3) is 7.60. The molecule has 5 heterocycles. The van der Waals surface area contributed by atoms with Crippen LogP contribution < -0.4 is 17.0 Å². The summed E-state index contributed by atoms with van der Waals surface area (Å²) in [4.78, 5) is 50.4. The molecule has 22 heteroatoms. The second-order valence-electron chi connectivity index (χ2n) is 10.4. The van der Waals surface area contributed by atoms with Crippen LogP contribution in [-0.4, -0.2) is 90.5 Å². The summed E-state index contributed by atoms with van der Waals surface area (Å²) in [7, 11) is 1.24. The molecule has 2 aliphatic heterocycles. The van der Waals surface area contributed by atoms with Gasteiger partial charge >= 0.3 is 18.6 Å².